The van der Waals surface area contributed by atoms with Crippen LogP contribution >= 0.6 is 0 Å². The lowest BCUT2D eigenvalue weighted by Crippen LogP contribution is -2.27. The molecular weight excluding hydrogens is 422 g/mol. The summed E-state index contributed by atoms with van der Waals surface area (Å²) in [5, 5.41) is 3.93. The number of aromatic nitrogens is 4. The molecule has 0 spiro atoms. The van der Waals surface area contributed by atoms with Gasteiger partial charge in [-0.15, -0.1) is 0 Å². The number of rotatable bonds is 4. The van der Waals surface area contributed by atoms with E-state index in [1.165, 1.54) is 17.9 Å². The highest BCUT2D eigenvalue weighted by atomic mass is 16.6. The molecule has 1 N–H and O–H groups in total. The van der Waals surface area contributed by atoms with Gasteiger partial charge in [-0.05, 0) is 45.0 Å². The Morgan fingerprint density at radius 1 is 1.00 bits per heavy atom. The third-order valence-electron chi connectivity index (χ3n) is 4.62. The largest absolute Gasteiger partial charge is 0.465 e. The van der Waals surface area contributed by atoms with Gasteiger partial charge in [0.05, 0.1) is 36.3 Å². The number of fused-ring (bicyclic) bond motifs is 1. The summed E-state index contributed by atoms with van der Waals surface area (Å²) in [4.78, 5) is 37.7. The van der Waals surface area contributed by atoms with E-state index < -0.39 is 17.7 Å². The normalized spacial score (nSPS) is 11.3. The third-order valence-corrected chi connectivity index (χ3v) is 4.62. The molecule has 0 amide bonds. The van der Waals surface area contributed by atoms with Crippen LogP contribution in [0.2, 0.25) is 0 Å². The van der Waals surface area contributed by atoms with Gasteiger partial charge in [0.2, 0.25) is 0 Å². The van der Waals surface area contributed by atoms with Crippen molar-refractivity contribution in [3.63, 3.8) is 0 Å². The standard InChI is InChI=1S/C24H23N5O4/c1-24(2,3)33-23(31)29-18-8-6-5-7-15(18)11-19(29)17-13-25-14-21(27-17)28-20-10-9-16(12-26-20)22(30)32-4/h5-14H,1-4H3,(H,26,27,28). The lowest BCUT2D eigenvalue weighted by atomic mass is 10.2. The van der Waals surface area contributed by atoms with Gasteiger partial charge in [0, 0.05) is 11.6 Å². The lowest BCUT2D eigenvalue weighted by molar-refractivity contribution is 0.0545. The molecule has 0 saturated carbocycles. The summed E-state index contributed by atoms with van der Waals surface area (Å²) in [6.07, 6.45) is 4.03. The second-order valence-electron chi connectivity index (χ2n) is 8.24. The van der Waals surface area contributed by atoms with E-state index in [0.29, 0.717) is 34.1 Å². The molecule has 0 bridgehead atoms. The van der Waals surface area contributed by atoms with Crippen LogP contribution in [0.5, 0.6) is 0 Å². The number of methoxy groups -OCH3 is 1. The Morgan fingerprint density at radius 2 is 1.79 bits per heavy atom. The van der Waals surface area contributed by atoms with E-state index in [1.54, 1.807) is 24.5 Å². The molecule has 0 aliphatic carbocycles. The summed E-state index contributed by atoms with van der Waals surface area (Å²) < 4.78 is 11.8. The summed E-state index contributed by atoms with van der Waals surface area (Å²) in [7, 11) is 1.31. The zero-order valence-electron chi connectivity index (χ0n) is 18.7. The maximum Gasteiger partial charge on any atom is 0.419 e. The number of nitrogens with zero attached hydrogens (tertiary/aromatic N) is 4. The van der Waals surface area contributed by atoms with Gasteiger partial charge in [0.15, 0.2) is 5.82 Å². The van der Waals surface area contributed by atoms with E-state index in [1.807, 2.05) is 51.1 Å². The first kappa shape index (κ1) is 21.9. The van der Waals surface area contributed by atoms with Crippen LogP contribution in [0.1, 0.15) is 31.1 Å². The molecule has 33 heavy (non-hydrogen) atoms. The number of hydrogen-bond acceptors (Lipinski definition) is 8. The fraction of sp³-hybridized carbons (Fsp3) is 0.208. The summed E-state index contributed by atoms with van der Waals surface area (Å²) in [5.74, 6) is 0.430. The van der Waals surface area contributed by atoms with Gasteiger partial charge in [0.1, 0.15) is 17.1 Å². The minimum atomic E-state index is -0.656. The fourth-order valence-corrected chi connectivity index (χ4v) is 3.23. The molecule has 4 aromatic rings. The van der Waals surface area contributed by atoms with Crippen molar-refractivity contribution in [1.29, 1.82) is 0 Å². The van der Waals surface area contributed by atoms with Crippen molar-refractivity contribution in [2.24, 2.45) is 0 Å². The molecule has 0 radical (unpaired) electrons. The van der Waals surface area contributed by atoms with E-state index in [9.17, 15) is 9.59 Å². The SMILES string of the molecule is COC(=O)c1ccc(Nc2cncc(-c3cc4ccccc4n3C(=O)OC(C)(C)C)n2)nc1. The van der Waals surface area contributed by atoms with Crippen LogP contribution in [0.4, 0.5) is 16.4 Å². The Kier molecular flexibility index (Phi) is 5.78. The van der Waals surface area contributed by atoms with Crippen molar-refractivity contribution in [2.75, 3.05) is 12.4 Å². The summed E-state index contributed by atoms with van der Waals surface area (Å²) in [6.45, 7) is 5.46. The first-order chi connectivity index (χ1) is 15.7. The number of nitrogens with one attached hydrogen (secondary N) is 1. The van der Waals surface area contributed by atoms with E-state index in [-0.39, 0.29) is 0 Å². The van der Waals surface area contributed by atoms with Crippen LogP contribution in [0, 0.1) is 0 Å². The van der Waals surface area contributed by atoms with E-state index in [2.05, 4.69) is 25.0 Å². The lowest BCUT2D eigenvalue weighted by Gasteiger charge is -2.21. The summed E-state index contributed by atoms with van der Waals surface area (Å²) >= 11 is 0. The van der Waals surface area contributed by atoms with Crippen LogP contribution in [-0.4, -0.2) is 44.3 Å². The molecule has 3 heterocycles. The monoisotopic (exact) mass is 445 g/mol. The van der Waals surface area contributed by atoms with Crippen molar-refractivity contribution in [2.45, 2.75) is 26.4 Å². The number of pyridine rings is 1. The smallest absolute Gasteiger partial charge is 0.419 e. The molecule has 9 heteroatoms. The van der Waals surface area contributed by atoms with Crippen LogP contribution in [-0.2, 0) is 9.47 Å². The molecule has 168 valence electrons. The number of carbonyl (C=O) groups is 2. The highest BCUT2D eigenvalue weighted by Gasteiger charge is 2.23. The maximum atomic E-state index is 13.0. The zero-order chi connectivity index (χ0) is 23.6. The molecule has 0 saturated heterocycles. The Hall–Kier alpha value is -4.27. The number of ether oxygens (including phenoxy) is 2. The molecule has 9 nitrogen and oxygen atoms in total. The van der Waals surface area contributed by atoms with Crippen molar-refractivity contribution >= 4 is 34.6 Å². The molecule has 0 atom stereocenters. The van der Waals surface area contributed by atoms with Gasteiger partial charge in [0.25, 0.3) is 0 Å². The van der Waals surface area contributed by atoms with Gasteiger partial charge in [-0.25, -0.2) is 24.1 Å². The van der Waals surface area contributed by atoms with Crippen LogP contribution in [0.3, 0.4) is 0 Å². The first-order valence-corrected chi connectivity index (χ1v) is 10.2. The predicted octanol–water partition coefficient (Wildman–Crippen LogP) is 4.81. The van der Waals surface area contributed by atoms with Crippen LogP contribution < -0.4 is 5.32 Å². The number of para-hydroxylation sites is 1. The number of carbonyl (C=O) groups excluding carboxylic acids is 2. The summed E-state index contributed by atoms with van der Waals surface area (Å²) in [6, 6.07) is 12.6. The third kappa shape index (κ3) is 4.82. The second kappa shape index (κ2) is 8.70. The quantitative estimate of drug-likeness (QED) is 0.446. The van der Waals surface area contributed by atoms with Crippen LogP contribution in [0.25, 0.3) is 22.3 Å². The Labute approximate surface area is 190 Å². The molecule has 1 aromatic carbocycles. The van der Waals surface area contributed by atoms with Crippen molar-refractivity contribution in [1.82, 2.24) is 19.5 Å². The van der Waals surface area contributed by atoms with Crippen molar-refractivity contribution < 1.29 is 19.1 Å². The van der Waals surface area contributed by atoms with Gasteiger partial charge in [-0.1, -0.05) is 18.2 Å². The van der Waals surface area contributed by atoms with Crippen LogP contribution in [0.15, 0.2) is 61.1 Å². The maximum absolute atomic E-state index is 13.0. The van der Waals surface area contributed by atoms with Crippen molar-refractivity contribution in [3.05, 3.63) is 66.6 Å². The summed E-state index contributed by atoms with van der Waals surface area (Å²) in [5.41, 5.74) is 1.42. The molecule has 0 aliphatic heterocycles. The van der Waals surface area contributed by atoms with Gasteiger partial charge >= 0.3 is 12.1 Å². The molecular formula is C24H23N5O4. The van der Waals surface area contributed by atoms with Crippen molar-refractivity contribution in [3.8, 4) is 11.4 Å². The number of esters is 1. The Morgan fingerprint density at radius 3 is 2.48 bits per heavy atom. The number of hydrogen-bond donors (Lipinski definition) is 1. The molecule has 0 fully saturated rings. The number of anilines is 2. The molecule has 0 unspecified atom stereocenters. The first-order valence-electron chi connectivity index (χ1n) is 10.2. The fourth-order valence-electron chi connectivity index (χ4n) is 3.23. The minimum absolute atomic E-state index is 0.338. The topological polar surface area (TPSA) is 108 Å². The predicted molar refractivity (Wildman–Crippen MR) is 123 cm³/mol. The van der Waals surface area contributed by atoms with Gasteiger partial charge in [-0.3, -0.25) is 4.98 Å². The molecule has 3 aromatic heterocycles. The zero-order valence-corrected chi connectivity index (χ0v) is 18.7. The van der Waals surface area contributed by atoms with E-state index in [0.717, 1.165) is 5.39 Å². The Bertz CT molecular complexity index is 1320. The highest BCUT2D eigenvalue weighted by molar-refractivity contribution is 5.95. The van der Waals surface area contributed by atoms with Gasteiger partial charge < -0.3 is 14.8 Å². The van der Waals surface area contributed by atoms with E-state index in [4.69, 9.17) is 4.74 Å². The van der Waals surface area contributed by atoms with Gasteiger partial charge in [-0.2, -0.15) is 0 Å². The average molecular weight is 445 g/mol. The molecule has 0 aliphatic rings. The van der Waals surface area contributed by atoms with E-state index >= 15 is 0 Å². The average Bonchev–Trinajstić information content (AvgIpc) is 3.18. The Balaban J connectivity index is 1.70. The number of benzene rings is 1. The second-order valence-corrected chi connectivity index (χ2v) is 8.24. The molecule has 4 rings (SSSR count). The highest BCUT2D eigenvalue weighted by Crippen LogP contribution is 2.29. The minimum Gasteiger partial charge on any atom is -0.465 e.